The Hall–Kier alpha value is -3.57. The Morgan fingerprint density at radius 1 is 1.00 bits per heavy atom. The fourth-order valence-electron chi connectivity index (χ4n) is 3.68. The standard InChI is InChI=1S/C24H17ClN2O3/c1-14-22(24(28)26-17-9-10-20-21(12-17)30-13-29-20)18-7-2-3-8-19(18)27-23(14)15-5-4-6-16(25)11-15/h2-12H,13H2,1H3,(H,26,28). The number of hydrogen-bond acceptors (Lipinski definition) is 4. The number of carbonyl (C=O) groups excluding carboxylic acids is 1. The lowest BCUT2D eigenvalue weighted by Crippen LogP contribution is -2.15. The average molecular weight is 417 g/mol. The minimum Gasteiger partial charge on any atom is -0.454 e. The normalized spacial score (nSPS) is 12.2. The molecule has 3 aromatic carbocycles. The molecular weight excluding hydrogens is 400 g/mol. The summed E-state index contributed by atoms with van der Waals surface area (Å²) in [6.07, 6.45) is 0. The lowest BCUT2D eigenvalue weighted by molar-refractivity contribution is 0.102. The van der Waals surface area contributed by atoms with E-state index in [0.29, 0.717) is 27.8 Å². The summed E-state index contributed by atoms with van der Waals surface area (Å²) in [4.78, 5) is 18.2. The fraction of sp³-hybridized carbons (Fsp3) is 0.0833. The molecule has 0 radical (unpaired) electrons. The van der Waals surface area contributed by atoms with Crippen LogP contribution in [0.25, 0.3) is 22.2 Å². The first kappa shape index (κ1) is 18.5. The van der Waals surface area contributed by atoms with Gasteiger partial charge in [0.25, 0.3) is 5.91 Å². The van der Waals surface area contributed by atoms with Gasteiger partial charge in [-0.15, -0.1) is 0 Å². The monoisotopic (exact) mass is 416 g/mol. The Bertz CT molecular complexity index is 1300. The van der Waals surface area contributed by atoms with Crippen molar-refractivity contribution in [3.63, 3.8) is 0 Å². The molecule has 1 aliphatic rings. The first-order valence-electron chi connectivity index (χ1n) is 9.46. The van der Waals surface area contributed by atoms with Crippen LogP contribution in [0.4, 0.5) is 5.69 Å². The minimum absolute atomic E-state index is 0.184. The number of ether oxygens (including phenoxy) is 2. The van der Waals surface area contributed by atoms with Gasteiger partial charge in [0, 0.05) is 27.7 Å². The van der Waals surface area contributed by atoms with Crippen LogP contribution < -0.4 is 14.8 Å². The molecule has 2 heterocycles. The van der Waals surface area contributed by atoms with Crippen molar-refractivity contribution >= 4 is 34.1 Å². The fourth-order valence-corrected chi connectivity index (χ4v) is 3.87. The summed E-state index contributed by atoms with van der Waals surface area (Å²) in [5.74, 6) is 1.07. The molecule has 5 nitrogen and oxygen atoms in total. The summed E-state index contributed by atoms with van der Waals surface area (Å²) in [7, 11) is 0. The van der Waals surface area contributed by atoms with Crippen LogP contribution in [0.15, 0.2) is 66.7 Å². The van der Waals surface area contributed by atoms with Gasteiger partial charge in [0.2, 0.25) is 6.79 Å². The summed E-state index contributed by atoms with van der Waals surface area (Å²) in [5.41, 5.74) is 4.33. The van der Waals surface area contributed by atoms with Gasteiger partial charge < -0.3 is 14.8 Å². The number of nitrogens with zero attached hydrogens (tertiary/aromatic N) is 1. The van der Waals surface area contributed by atoms with Crippen LogP contribution in [0.2, 0.25) is 5.02 Å². The zero-order valence-corrected chi connectivity index (χ0v) is 16.9. The number of amides is 1. The van der Waals surface area contributed by atoms with Crippen LogP contribution in [-0.2, 0) is 0 Å². The summed E-state index contributed by atoms with van der Waals surface area (Å²) in [6, 6.07) is 20.4. The molecule has 1 N–H and O–H groups in total. The van der Waals surface area contributed by atoms with Crippen LogP contribution in [0, 0.1) is 6.92 Å². The molecule has 30 heavy (non-hydrogen) atoms. The third kappa shape index (κ3) is 3.23. The van der Waals surface area contributed by atoms with E-state index in [1.165, 1.54) is 0 Å². The van der Waals surface area contributed by atoms with E-state index in [9.17, 15) is 4.79 Å². The van der Waals surface area contributed by atoms with Gasteiger partial charge in [0.15, 0.2) is 11.5 Å². The molecule has 0 spiro atoms. The maximum absolute atomic E-state index is 13.4. The number of anilines is 1. The first-order valence-corrected chi connectivity index (χ1v) is 9.84. The zero-order valence-electron chi connectivity index (χ0n) is 16.1. The summed E-state index contributed by atoms with van der Waals surface area (Å²) >= 11 is 6.19. The van der Waals surface area contributed by atoms with Crippen molar-refractivity contribution in [3.8, 4) is 22.8 Å². The van der Waals surface area contributed by atoms with Crippen molar-refractivity contribution in [3.05, 3.63) is 82.9 Å². The molecule has 5 rings (SSSR count). The van der Waals surface area contributed by atoms with Crippen LogP contribution in [0.5, 0.6) is 11.5 Å². The maximum atomic E-state index is 13.4. The van der Waals surface area contributed by atoms with Gasteiger partial charge in [-0.1, -0.05) is 41.9 Å². The number of aromatic nitrogens is 1. The maximum Gasteiger partial charge on any atom is 0.256 e. The van der Waals surface area contributed by atoms with E-state index in [1.54, 1.807) is 18.2 Å². The lowest BCUT2D eigenvalue weighted by Gasteiger charge is -2.15. The number of benzene rings is 3. The van der Waals surface area contributed by atoms with E-state index in [-0.39, 0.29) is 12.7 Å². The highest BCUT2D eigenvalue weighted by Crippen LogP contribution is 2.35. The largest absolute Gasteiger partial charge is 0.454 e. The van der Waals surface area contributed by atoms with Crippen LogP contribution in [0.1, 0.15) is 15.9 Å². The van der Waals surface area contributed by atoms with Crippen molar-refractivity contribution in [2.75, 3.05) is 12.1 Å². The van der Waals surface area contributed by atoms with Crippen LogP contribution >= 0.6 is 11.6 Å². The third-order valence-electron chi connectivity index (χ3n) is 5.09. The summed E-state index contributed by atoms with van der Waals surface area (Å²) in [6.45, 7) is 2.09. The summed E-state index contributed by atoms with van der Waals surface area (Å²) in [5, 5.41) is 4.39. The molecule has 0 unspecified atom stereocenters. The van der Waals surface area contributed by atoms with E-state index < -0.39 is 0 Å². The highest BCUT2D eigenvalue weighted by molar-refractivity contribution is 6.30. The van der Waals surface area contributed by atoms with E-state index in [2.05, 4.69) is 5.32 Å². The Labute approximate surface area is 178 Å². The average Bonchev–Trinajstić information content (AvgIpc) is 3.21. The summed E-state index contributed by atoms with van der Waals surface area (Å²) < 4.78 is 10.8. The van der Waals surface area contributed by atoms with Gasteiger partial charge in [0.1, 0.15) is 0 Å². The number of fused-ring (bicyclic) bond motifs is 2. The molecule has 1 aromatic heterocycles. The highest BCUT2D eigenvalue weighted by atomic mass is 35.5. The van der Waals surface area contributed by atoms with Crippen molar-refractivity contribution < 1.29 is 14.3 Å². The Morgan fingerprint density at radius 3 is 2.70 bits per heavy atom. The van der Waals surface area contributed by atoms with Crippen LogP contribution in [0.3, 0.4) is 0 Å². The van der Waals surface area contributed by atoms with Gasteiger partial charge in [-0.05, 0) is 42.8 Å². The topological polar surface area (TPSA) is 60.5 Å². The number of halogens is 1. The second-order valence-corrected chi connectivity index (χ2v) is 7.45. The third-order valence-corrected chi connectivity index (χ3v) is 5.33. The van der Waals surface area contributed by atoms with Crippen molar-refractivity contribution in [1.29, 1.82) is 0 Å². The number of para-hydroxylation sites is 1. The molecule has 0 saturated heterocycles. The van der Waals surface area contributed by atoms with Gasteiger partial charge >= 0.3 is 0 Å². The zero-order chi connectivity index (χ0) is 20.7. The highest BCUT2D eigenvalue weighted by Gasteiger charge is 2.20. The minimum atomic E-state index is -0.215. The Morgan fingerprint density at radius 2 is 1.83 bits per heavy atom. The Balaban J connectivity index is 1.62. The quantitative estimate of drug-likeness (QED) is 0.455. The first-order chi connectivity index (χ1) is 14.6. The second-order valence-electron chi connectivity index (χ2n) is 7.01. The van der Waals surface area contributed by atoms with Gasteiger partial charge in [-0.2, -0.15) is 0 Å². The van der Waals surface area contributed by atoms with Gasteiger partial charge in [-0.25, -0.2) is 4.98 Å². The molecule has 0 fully saturated rings. The number of pyridine rings is 1. The van der Waals surface area contributed by atoms with Crippen molar-refractivity contribution in [2.45, 2.75) is 6.92 Å². The number of rotatable bonds is 3. The van der Waals surface area contributed by atoms with E-state index >= 15 is 0 Å². The van der Waals surface area contributed by atoms with Crippen LogP contribution in [-0.4, -0.2) is 17.7 Å². The molecule has 148 valence electrons. The van der Waals surface area contributed by atoms with Gasteiger partial charge in [-0.3, -0.25) is 4.79 Å². The van der Waals surface area contributed by atoms with E-state index in [1.807, 2.05) is 55.5 Å². The van der Waals surface area contributed by atoms with Gasteiger partial charge in [0.05, 0.1) is 16.8 Å². The molecular formula is C24H17ClN2O3. The smallest absolute Gasteiger partial charge is 0.256 e. The van der Waals surface area contributed by atoms with Crippen molar-refractivity contribution in [2.24, 2.45) is 0 Å². The molecule has 6 heteroatoms. The number of hydrogen-bond donors (Lipinski definition) is 1. The predicted molar refractivity (Wildman–Crippen MR) is 117 cm³/mol. The SMILES string of the molecule is Cc1c(-c2cccc(Cl)c2)nc2ccccc2c1C(=O)Nc1ccc2c(c1)OCO2. The van der Waals surface area contributed by atoms with E-state index in [4.69, 9.17) is 26.1 Å². The molecule has 0 aliphatic carbocycles. The van der Waals surface area contributed by atoms with Crippen molar-refractivity contribution in [1.82, 2.24) is 4.98 Å². The number of nitrogens with one attached hydrogen (secondary N) is 1. The second kappa shape index (κ2) is 7.35. The molecule has 1 aliphatic heterocycles. The lowest BCUT2D eigenvalue weighted by atomic mass is 9.97. The molecule has 0 bridgehead atoms. The Kier molecular flexibility index (Phi) is 4.52. The molecule has 1 amide bonds. The molecule has 4 aromatic rings. The molecule has 0 atom stereocenters. The predicted octanol–water partition coefficient (Wildman–Crippen LogP) is 5.84. The van der Waals surface area contributed by atoms with E-state index in [0.717, 1.165) is 27.7 Å². The number of carbonyl (C=O) groups is 1. The molecule has 0 saturated carbocycles.